The molecule has 0 aliphatic carbocycles. The number of para-hydroxylation sites is 3. The molecule has 0 fully saturated rings. The molecule has 0 saturated heterocycles. The molecule has 2 aromatic carbocycles. The average Bonchev–Trinajstić information content (AvgIpc) is 3.05. The van der Waals surface area contributed by atoms with E-state index in [0.717, 1.165) is 0 Å². The van der Waals surface area contributed by atoms with Crippen molar-refractivity contribution < 1.29 is 14.3 Å². The van der Waals surface area contributed by atoms with Crippen LogP contribution in [0.4, 0.5) is 0 Å². The zero-order valence-electron chi connectivity index (χ0n) is 15.5. The van der Waals surface area contributed by atoms with Gasteiger partial charge in [-0.2, -0.15) is 0 Å². The third-order valence-electron chi connectivity index (χ3n) is 4.81. The van der Waals surface area contributed by atoms with Crippen LogP contribution in [0, 0.1) is 0 Å². The normalized spacial score (nSPS) is 11.6. The Balaban J connectivity index is 1.93. The molecule has 144 valence electrons. The van der Waals surface area contributed by atoms with E-state index in [1.807, 2.05) is 36.4 Å². The molecule has 0 bridgehead atoms. The number of H-pyrrole nitrogens is 1. The van der Waals surface area contributed by atoms with Gasteiger partial charge in [0, 0.05) is 7.11 Å². The SMILES string of the molecule is COCCOC(=O)c1c2nc3ccccc3nc2n2c1[nH]c(=O)c1ccccc12. The Morgan fingerprint density at radius 3 is 2.55 bits per heavy atom. The Bertz CT molecular complexity index is 1470. The molecule has 3 aromatic heterocycles. The van der Waals surface area contributed by atoms with Crippen molar-refractivity contribution in [1.82, 2.24) is 19.4 Å². The van der Waals surface area contributed by atoms with Gasteiger partial charge < -0.3 is 14.5 Å². The van der Waals surface area contributed by atoms with Crippen LogP contribution in [-0.4, -0.2) is 45.6 Å². The lowest BCUT2D eigenvalue weighted by Gasteiger charge is -2.05. The van der Waals surface area contributed by atoms with E-state index in [2.05, 4.69) is 9.97 Å². The summed E-state index contributed by atoms with van der Waals surface area (Å²) in [7, 11) is 1.53. The monoisotopic (exact) mass is 388 g/mol. The van der Waals surface area contributed by atoms with Crippen LogP contribution in [0.15, 0.2) is 53.3 Å². The van der Waals surface area contributed by atoms with Crippen LogP contribution in [0.2, 0.25) is 0 Å². The van der Waals surface area contributed by atoms with Gasteiger partial charge in [-0.05, 0) is 24.3 Å². The van der Waals surface area contributed by atoms with Crippen molar-refractivity contribution in [2.45, 2.75) is 0 Å². The number of fused-ring (bicyclic) bond motifs is 6. The van der Waals surface area contributed by atoms with Crippen molar-refractivity contribution in [3.8, 4) is 0 Å². The first kappa shape index (κ1) is 17.3. The Kier molecular flexibility index (Phi) is 3.99. The maximum atomic E-state index is 12.9. The molecule has 5 aromatic rings. The topological polar surface area (TPSA) is 98.6 Å². The predicted molar refractivity (Wildman–Crippen MR) is 108 cm³/mol. The molecule has 0 radical (unpaired) electrons. The number of aromatic nitrogens is 4. The fourth-order valence-electron chi connectivity index (χ4n) is 3.52. The summed E-state index contributed by atoms with van der Waals surface area (Å²) in [5.74, 6) is -0.593. The number of rotatable bonds is 4. The fraction of sp³-hybridized carbons (Fsp3) is 0.143. The molecule has 0 saturated carbocycles. The maximum absolute atomic E-state index is 12.9. The Morgan fingerprint density at radius 2 is 1.76 bits per heavy atom. The van der Waals surface area contributed by atoms with Crippen LogP contribution in [0.1, 0.15) is 10.4 Å². The number of hydrogen-bond donors (Lipinski definition) is 1. The molecule has 5 rings (SSSR count). The second-order valence-corrected chi connectivity index (χ2v) is 6.54. The van der Waals surface area contributed by atoms with E-state index in [4.69, 9.17) is 14.5 Å². The molecule has 1 N–H and O–H groups in total. The Hall–Kier alpha value is -3.78. The van der Waals surface area contributed by atoms with Gasteiger partial charge in [-0.15, -0.1) is 0 Å². The second kappa shape index (κ2) is 6.68. The zero-order valence-corrected chi connectivity index (χ0v) is 15.5. The number of hydrogen-bond acceptors (Lipinski definition) is 6. The van der Waals surface area contributed by atoms with Crippen LogP contribution in [0.25, 0.3) is 38.7 Å². The first-order valence-electron chi connectivity index (χ1n) is 9.07. The summed E-state index contributed by atoms with van der Waals surface area (Å²) in [5.41, 5.74) is 3.01. The number of carbonyl (C=O) groups excluding carboxylic acids is 1. The Morgan fingerprint density at radius 1 is 1.03 bits per heavy atom. The quantitative estimate of drug-likeness (QED) is 0.375. The highest BCUT2D eigenvalue weighted by Gasteiger charge is 2.25. The van der Waals surface area contributed by atoms with Crippen molar-refractivity contribution in [3.05, 3.63) is 64.4 Å². The maximum Gasteiger partial charge on any atom is 0.344 e. The van der Waals surface area contributed by atoms with Gasteiger partial charge in [0.15, 0.2) is 5.65 Å². The first-order valence-corrected chi connectivity index (χ1v) is 9.07. The van der Waals surface area contributed by atoms with Crippen molar-refractivity contribution in [2.75, 3.05) is 20.3 Å². The van der Waals surface area contributed by atoms with Crippen molar-refractivity contribution >= 4 is 44.7 Å². The van der Waals surface area contributed by atoms with E-state index in [0.29, 0.717) is 38.7 Å². The van der Waals surface area contributed by atoms with Gasteiger partial charge in [-0.3, -0.25) is 9.20 Å². The van der Waals surface area contributed by atoms with Crippen molar-refractivity contribution in [3.63, 3.8) is 0 Å². The summed E-state index contributed by atoms with van der Waals surface area (Å²) in [5, 5.41) is 0.492. The summed E-state index contributed by atoms with van der Waals surface area (Å²) in [6, 6.07) is 14.6. The molecule has 0 aliphatic heterocycles. The minimum atomic E-state index is -0.593. The molecule has 0 aliphatic rings. The first-order chi connectivity index (χ1) is 14.2. The Labute approximate surface area is 163 Å². The minimum Gasteiger partial charge on any atom is -0.459 e. The van der Waals surface area contributed by atoms with Crippen LogP contribution in [0.3, 0.4) is 0 Å². The smallest absolute Gasteiger partial charge is 0.344 e. The van der Waals surface area contributed by atoms with E-state index in [1.165, 1.54) is 7.11 Å². The molecule has 0 unspecified atom stereocenters. The van der Waals surface area contributed by atoms with Gasteiger partial charge in [-0.1, -0.05) is 24.3 Å². The van der Waals surface area contributed by atoms with E-state index >= 15 is 0 Å². The summed E-state index contributed by atoms with van der Waals surface area (Å²) >= 11 is 0. The number of carbonyl (C=O) groups is 1. The number of nitrogens with one attached hydrogen (secondary N) is 1. The van der Waals surface area contributed by atoms with E-state index in [9.17, 15) is 9.59 Å². The van der Waals surface area contributed by atoms with Gasteiger partial charge in [-0.25, -0.2) is 14.8 Å². The van der Waals surface area contributed by atoms with Crippen LogP contribution < -0.4 is 5.56 Å². The number of ether oxygens (including phenoxy) is 2. The molecule has 0 spiro atoms. The molecule has 3 heterocycles. The fourth-order valence-corrected chi connectivity index (χ4v) is 3.52. The summed E-state index contributed by atoms with van der Waals surface area (Å²) in [6.07, 6.45) is 0. The summed E-state index contributed by atoms with van der Waals surface area (Å²) in [4.78, 5) is 37.8. The largest absolute Gasteiger partial charge is 0.459 e. The molecule has 29 heavy (non-hydrogen) atoms. The van der Waals surface area contributed by atoms with Crippen molar-refractivity contribution in [2.24, 2.45) is 0 Å². The van der Waals surface area contributed by atoms with Gasteiger partial charge in [0.2, 0.25) is 0 Å². The molecule has 8 nitrogen and oxygen atoms in total. The highest BCUT2D eigenvalue weighted by molar-refractivity contribution is 6.11. The van der Waals surface area contributed by atoms with Gasteiger partial charge in [0.25, 0.3) is 5.56 Å². The predicted octanol–water partition coefficient (Wildman–Crippen LogP) is 2.68. The molecular weight excluding hydrogens is 372 g/mol. The standard InChI is InChI=1S/C21H16N4O4/c1-28-10-11-29-21(27)16-17-19(23-14-8-4-3-7-13(14)22-17)25-15-9-5-2-6-12(15)20(26)24-18(16)25/h2-9H,10-11H2,1H3,(H,24,26). The van der Waals surface area contributed by atoms with Gasteiger partial charge in [0.05, 0.1) is 28.5 Å². The second-order valence-electron chi connectivity index (χ2n) is 6.54. The van der Waals surface area contributed by atoms with E-state index < -0.39 is 5.97 Å². The number of benzene rings is 2. The molecule has 0 amide bonds. The van der Waals surface area contributed by atoms with Crippen LogP contribution in [-0.2, 0) is 9.47 Å². The molecule has 8 heteroatoms. The summed E-state index contributed by atoms with van der Waals surface area (Å²) < 4.78 is 12.0. The lowest BCUT2D eigenvalue weighted by Crippen LogP contribution is -2.14. The number of esters is 1. The third kappa shape index (κ3) is 2.65. The van der Waals surface area contributed by atoms with Crippen LogP contribution >= 0.6 is 0 Å². The van der Waals surface area contributed by atoms with Gasteiger partial charge >= 0.3 is 5.97 Å². The number of nitrogens with zero attached hydrogens (tertiary/aromatic N) is 3. The number of methoxy groups -OCH3 is 1. The molecular formula is C21H16N4O4. The van der Waals surface area contributed by atoms with E-state index in [-0.39, 0.29) is 24.3 Å². The minimum absolute atomic E-state index is 0.0903. The number of aromatic amines is 1. The average molecular weight is 388 g/mol. The lowest BCUT2D eigenvalue weighted by molar-refractivity contribution is 0.0392. The van der Waals surface area contributed by atoms with E-state index in [1.54, 1.807) is 16.5 Å². The van der Waals surface area contributed by atoms with Crippen molar-refractivity contribution in [1.29, 1.82) is 0 Å². The lowest BCUT2D eigenvalue weighted by atomic mass is 10.2. The summed E-state index contributed by atoms with van der Waals surface area (Å²) in [6.45, 7) is 0.358. The van der Waals surface area contributed by atoms with Gasteiger partial charge in [0.1, 0.15) is 23.3 Å². The zero-order chi connectivity index (χ0) is 20.0. The third-order valence-corrected chi connectivity index (χ3v) is 4.81. The highest BCUT2D eigenvalue weighted by atomic mass is 16.6. The highest BCUT2D eigenvalue weighted by Crippen LogP contribution is 2.28. The van der Waals surface area contributed by atoms with Crippen LogP contribution in [0.5, 0.6) is 0 Å². The molecule has 0 atom stereocenters.